The number of anilines is 3. The number of nitrogens with one attached hydrogen (secondary N) is 1. The van der Waals surface area contributed by atoms with Crippen LogP contribution in [0, 0.1) is 11.3 Å². The van der Waals surface area contributed by atoms with E-state index in [1.807, 2.05) is 0 Å². The maximum absolute atomic E-state index is 11.8. The number of esters is 1. The van der Waals surface area contributed by atoms with E-state index in [-0.39, 0.29) is 11.4 Å². The van der Waals surface area contributed by atoms with Crippen LogP contribution in [-0.2, 0) is 4.74 Å². The van der Waals surface area contributed by atoms with Gasteiger partial charge in [-0.1, -0.05) is 15.9 Å². The Morgan fingerprint density at radius 1 is 1.48 bits per heavy atom. The van der Waals surface area contributed by atoms with Crippen molar-refractivity contribution in [3.63, 3.8) is 0 Å². The van der Waals surface area contributed by atoms with Crippen LogP contribution in [0.25, 0.3) is 0 Å². The molecule has 0 radical (unpaired) electrons. The van der Waals surface area contributed by atoms with E-state index in [4.69, 9.17) is 15.7 Å². The number of halogens is 1. The van der Waals surface area contributed by atoms with Crippen LogP contribution in [0.5, 0.6) is 0 Å². The molecule has 0 aliphatic heterocycles. The van der Waals surface area contributed by atoms with Crippen LogP contribution in [0.3, 0.4) is 0 Å². The average Bonchev–Trinajstić information content (AvgIpc) is 2.49. The van der Waals surface area contributed by atoms with Gasteiger partial charge < -0.3 is 15.8 Å². The molecule has 2 aromatic rings. The van der Waals surface area contributed by atoms with Gasteiger partial charge in [-0.15, -0.1) is 0 Å². The molecular weight excluding hydrogens is 336 g/mol. The molecule has 1 aromatic carbocycles. The summed E-state index contributed by atoms with van der Waals surface area (Å²) in [5.74, 6) is -0.289. The number of aromatic nitrogens is 1. The lowest BCUT2D eigenvalue weighted by Crippen LogP contribution is -2.09. The second-order valence-corrected chi connectivity index (χ2v) is 5.00. The summed E-state index contributed by atoms with van der Waals surface area (Å²) in [6.45, 7) is 0. The summed E-state index contributed by atoms with van der Waals surface area (Å²) in [6.07, 6.45) is 1.42. The van der Waals surface area contributed by atoms with Gasteiger partial charge >= 0.3 is 5.97 Å². The number of rotatable bonds is 3. The maximum atomic E-state index is 11.8. The van der Waals surface area contributed by atoms with Gasteiger partial charge in [0.05, 0.1) is 30.2 Å². The summed E-state index contributed by atoms with van der Waals surface area (Å²) < 4.78 is 5.48. The van der Waals surface area contributed by atoms with Crippen LogP contribution < -0.4 is 11.1 Å². The van der Waals surface area contributed by atoms with Gasteiger partial charge in [0.2, 0.25) is 0 Å². The molecule has 0 amide bonds. The Morgan fingerprint density at radius 3 is 2.90 bits per heavy atom. The van der Waals surface area contributed by atoms with Crippen molar-refractivity contribution in [3.8, 4) is 6.07 Å². The Balaban J connectivity index is 2.45. The van der Waals surface area contributed by atoms with Crippen LogP contribution in [0.15, 0.2) is 34.9 Å². The first-order valence-corrected chi connectivity index (χ1v) is 6.65. The Bertz CT molecular complexity index is 740. The number of nitrogens with two attached hydrogens (primary N) is 1. The number of nitrogen functional groups attached to an aromatic ring is 1. The Morgan fingerprint density at radius 2 is 2.24 bits per heavy atom. The van der Waals surface area contributed by atoms with Crippen LogP contribution in [0.2, 0.25) is 0 Å². The third kappa shape index (κ3) is 3.30. The molecule has 0 bridgehead atoms. The van der Waals surface area contributed by atoms with Crippen molar-refractivity contribution < 1.29 is 9.53 Å². The van der Waals surface area contributed by atoms with Crippen molar-refractivity contribution >= 4 is 39.1 Å². The van der Waals surface area contributed by atoms with Gasteiger partial charge in [-0.2, -0.15) is 5.26 Å². The molecule has 106 valence electrons. The quantitative estimate of drug-likeness (QED) is 0.828. The molecule has 0 fully saturated rings. The molecule has 0 aliphatic rings. The second kappa shape index (κ2) is 6.24. The first-order valence-electron chi connectivity index (χ1n) is 5.85. The molecule has 0 atom stereocenters. The topological polar surface area (TPSA) is 101 Å². The molecule has 0 saturated carbocycles. The number of methoxy groups -OCH3 is 1. The normalized spacial score (nSPS) is 9.76. The van der Waals surface area contributed by atoms with Gasteiger partial charge in [0, 0.05) is 4.47 Å². The number of pyridine rings is 1. The summed E-state index contributed by atoms with van der Waals surface area (Å²) >= 11 is 3.30. The monoisotopic (exact) mass is 346 g/mol. The number of carbonyl (C=O) groups excluding carboxylic acids is 1. The highest BCUT2D eigenvalue weighted by molar-refractivity contribution is 9.10. The predicted octanol–water partition coefficient (Wildman–Crippen LogP) is 2.83. The first kappa shape index (κ1) is 14.8. The zero-order valence-corrected chi connectivity index (χ0v) is 12.6. The summed E-state index contributed by atoms with van der Waals surface area (Å²) in [7, 11) is 1.27. The van der Waals surface area contributed by atoms with Gasteiger partial charge in [-0.05, 0) is 24.3 Å². The van der Waals surface area contributed by atoms with E-state index in [2.05, 4.69) is 32.3 Å². The van der Waals surface area contributed by atoms with Crippen LogP contribution >= 0.6 is 15.9 Å². The number of nitrogens with zero attached hydrogens (tertiary/aromatic N) is 2. The average molecular weight is 347 g/mol. The minimum Gasteiger partial charge on any atom is -0.465 e. The van der Waals surface area contributed by atoms with Gasteiger partial charge in [0.15, 0.2) is 0 Å². The van der Waals surface area contributed by atoms with Crippen molar-refractivity contribution in [3.05, 3.63) is 46.1 Å². The van der Waals surface area contributed by atoms with Gasteiger partial charge in [0.1, 0.15) is 17.5 Å². The molecule has 7 heteroatoms. The zero-order chi connectivity index (χ0) is 15.4. The van der Waals surface area contributed by atoms with E-state index in [9.17, 15) is 4.79 Å². The molecule has 1 heterocycles. The summed E-state index contributed by atoms with van der Waals surface area (Å²) in [4.78, 5) is 15.8. The van der Waals surface area contributed by atoms with Crippen LogP contribution in [0.4, 0.5) is 17.2 Å². The SMILES string of the molecule is COC(=O)c1cc(N)cnc1Nc1ccc(Br)cc1C#N. The number of ether oxygens (including phenoxy) is 1. The summed E-state index contributed by atoms with van der Waals surface area (Å²) in [5, 5.41) is 12.1. The molecule has 0 aliphatic carbocycles. The molecule has 0 saturated heterocycles. The molecule has 3 N–H and O–H groups in total. The third-order valence-electron chi connectivity index (χ3n) is 2.67. The first-order chi connectivity index (χ1) is 10.0. The summed E-state index contributed by atoms with van der Waals surface area (Å²) in [6, 6.07) is 8.68. The van der Waals surface area contributed by atoms with E-state index in [1.54, 1.807) is 18.2 Å². The lowest BCUT2D eigenvalue weighted by molar-refractivity contribution is 0.0601. The van der Waals surface area contributed by atoms with Crippen molar-refractivity contribution in [1.29, 1.82) is 5.26 Å². The van der Waals surface area contributed by atoms with Crippen molar-refractivity contribution in [2.45, 2.75) is 0 Å². The van der Waals surface area contributed by atoms with Gasteiger partial charge in [-0.25, -0.2) is 9.78 Å². The lowest BCUT2D eigenvalue weighted by atomic mass is 10.2. The number of carbonyl (C=O) groups is 1. The van der Waals surface area contributed by atoms with E-state index in [0.29, 0.717) is 16.9 Å². The number of hydrogen-bond donors (Lipinski definition) is 2. The molecular formula is C14H11BrN4O2. The number of hydrogen-bond acceptors (Lipinski definition) is 6. The van der Waals surface area contributed by atoms with E-state index < -0.39 is 5.97 Å². The fourth-order valence-electron chi connectivity index (χ4n) is 1.69. The van der Waals surface area contributed by atoms with Crippen LogP contribution in [-0.4, -0.2) is 18.1 Å². The Labute approximate surface area is 129 Å². The van der Waals surface area contributed by atoms with E-state index >= 15 is 0 Å². The zero-order valence-electron chi connectivity index (χ0n) is 11.1. The van der Waals surface area contributed by atoms with Crippen molar-refractivity contribution in [2.24, 2.45) is 0 Å². The highest BCUT2D eigenvalue weighted by atomic mass is 79.9. The lowest BCUT2D eigenvalue weighted by Gasteiger charge is -2.11. The second-order valence-electron chi connectivity index (χ2n) is 4.08. The van der Waals surface area contributed by atoms with E-state index in [0.717, 1.165) is 4.47 Å². The number of nitriles is 1. The minimum absolute atomic E-state index is 0.198. The Kier molecular flexibility index (Phi) is 4.40. The molecule has 1 aromatic heterocycles. The minimum atomic E-state index is -0.562. The highest BCUT2D eigenvalue weighted by Gasteiger charge is 2.15. The van der Waals surface area contributed by atoms with Gasteiger partial charge in [0.25, 0.3) is 0 Å². The smallest absolute Gasteiger partial charge is 0.341 e. The van der Waals surface area contributed by atoms with Gasteiger partial charge in [-0.3, -0.25) is 0 Å². The summed E-state index contributed by atoms with van der Waals surface area (Å²) in [5.41, 5.74) is 7.12. The third-order valence-corrected chi connectivity index (χ3v) is 3.16. The van der Waals surface area contributed by atoms with E-state index in [1.165, 1.54) is 19.4 Å². The molecule has 6 nitrogen and oxygen atoms in total. The maximum Gasteiger partial charge on any atom is 0.341 e. The van der Waals surface area contributed by atoms with Crippen molar-refractivity contribution in [2.75, 3.05) is 18.2 Å². The fraction of sp³-hybridized carbons (Fsp3) is 0.0714. The van der Waals surface area contributed by atoms with Crippen LogP contribution in [0.1, 0.15) is 15.9 Å². The Hall–Kier alpha value is -2.59. The fourth-order valence-corrected chi connectivity index (χ4v) is 2.05. The predicted molar refractivity (Wildman–Crippen MR) is 82.1 cm³/mol. The molecule has 21 heavy (non-hydrogen) atoms. The molecule has 0 unspecified atom stereocenters. The standard InChI is InChI=1S/C14H11BrN4O2/c1-21-14(20)11-5-10(17)7-18-13(11)19-12-3-2-9(15)4-8(12)6-16/h2-5,7H,17H2,1H3,(H,18,19). The number of benzene rings is 1. The molecule has 2 rings (SSSR count). The van der Waals surface area contributed by atoms with Crippen molar-refractivity contribution in [1.82, 2.24) is 4.98 Å². The molecule has 0 spiro atoms. The largest absolute Gasteiger partial charge is 0.465 e. The highest BCUT2D eigenvalue weighted by Crippen LogP contribution is 2.26.